The Bertz CT molecular complexity index is 1050. The lowest BCUT2D eigenvalue weighted by Crippen LogP contribution is -2.33. The molecule has 4 rings (SSSR count). The van der Waals surface area contributed by atoms with E-state index in [4.69, 9.17) is 23.2 Å². The van der Waals surface area contributed by atoms with E-state index < -0.39 is 0 Å². The van der Waals surface area contributed by atoms with Gasteiger partial charge in [-0.1, -0.05) is 85.6 Å². The van der Waals surface area contributed by atoms with E-state index in [1.54, 1.807) is 6.07 Å². The highest BCUT2D eigenvalue weighted by atomic mass is 35.5. The molecule has 1 nitrogen and oxygen atoms in total. The number of benzene rings is 3. The first kappa shape index (κ1) is 22.3. The van der Waals surface area contributed by atoms with Gasteiger partial charge >= 0.3 is 0 Å². The summed E-state index contributed by atoms with van der Waals surface area (Å²) in [5, 5.41) is 4.70. The molecule has 1 aliphatic rings. The van der Waals surface area contributed by atoms with Crippen molar-refractivity contribution < 1.29 is 4.39 Å². The molecule has 4 heteroatoms. The molecule has 31 heavy (non-hydrogen) atoms. The van der Waals surface area contributed by atoms with Gasteiger partial charge in [-0.2, -0.15) is 0 Å². The van der Waals surface area contributed by atoms with Gasteiger partial charge in [-0.15, -0.1) is 0 Å². The van der Waals surface area contributed by atoms with Gasteiger partial charge in [0.05, 0.1) is 5.02 Å². The van der Waals surface area contributed by atoms with Crippen molar-refractivity contribution in [1.29, 1.82) is 0 Å². The Morgan fingerprint density at radius 2 is 1.68 bits per heavy atom. The maximum Gasteiger partial charge on any atom is 0.146 e. The standard InChI is InChI=1S/C27H28Cl2FN/c1-16(2)24-23(15-18-8-5-4-6-9-18)31-27(21-10-7-11-22(29)26(21)30)25(24)20-13-12-19(28)14-17(20)3/h4-14,16,23-25,27,31H,15H2,1-3H3. The largest absolute Gasteiger partial charge is 0.306 e. The number of aryl methyl sites for hydroxylation is 1. The van der Waals surface area contributed by atoms with Crippen LogP contribution in [-0.2, 0) is 6.42 Å². The van der Waals surface area contributed by atoms with Crippen LogP contribution < -0.4 is 5.32 Å². The van der Waals surface area contributed by atoms with Crippen LogP contribution in [0.5, 0.6) is 0 Å². The topological polar surface area (TPSA) is 12.0 Å². The van der Waals surface area contributed by atoms with Crippen LogP contribution in [0.2, 0.25) is 10.0 Å². The predicted octanol–water partition coefficient (Wildman–Crippen LogP) is 7.75. The van der Waals surface area contributed by atoms with Crippen LogP contribution in [0, 0.1) is 24.6 Å². The van der Waals surface area contributed by atoms with E-state index in [1.165, 1.54) is 11.1 Å². The summed E-state index contributed by atoms with van der Waals surface area (Å²) in [4.78, 5) is 0. The maximum atomic E-state index is 15.2. The third-order valence-electron chi connectivity index (χ3n) is 6.61. The molecular weight excluding hydrogens is 428 g/mol. The molecule has 0 radical (unpaired) electrons. The zero-order chi connectivity index (χ0) is 22.1. The van der Waals surface area contributed by atoms with Gasteiger partial charge < -0.3 is 5.32 Å². The molecule has 0 spiro atoms. The molecule has 1 heterocycles. The molecule has 1 fully saturated rings. The van der Waals surface area contributed by atoms with Crippen molar-refractivity contribution in [3.8, 4) is 0 Å². The van der Waals surface area contributed by atoms with Crippen LogP contribution in [0.4, 0.5) is 4.39 Å². The lowest BCUT2D eigenvalue weighted by Gasteiger charge is -2.31. The molecule has 1 aliphatic heterocycles. The van der Waals surface area contributed by atoms with Crippen molar-refractivity contribution in [3.05, 3.63) is 105 Å². The van der Waals surface area contributed by atoms with Crippen LogP contribution in [-0.4, -0.2) is 6.04 Å². The third-order valence-corrected chi connectivity index (χ3v) is 7.13. The van der Waals surface area contributed by atoms with Gasteiger partial charge in [0.2, 0.25) is 0 Å². The molecule has 1 saturated heterocycles. The van der Waals surface area contributed by atoms with Gasteiger partial charge in [-0.3, -0.25) is 0 Å². The number of hydrogen-bond acceptors (Lipinski definition) is 1. The molecule has 4 unspecified atom stereocenters. The maximum absolute atomic E-state index is 15.2. The van der Waals surface area contributed by atoms with Gasteiger partial charge in [-0.25, -0.2) is 4.39 Å². The summed E-state index contributed by atoms with van der Waals surface area (Å²) in [6, 6.07) is 21.9. The summed E-state index contributed by atoms with van der Waals surface area (Å²) in [5.41, 5.74) is 4.27. The Hall–Kier alpha value is -1.87. The second-order valence-corrected chi connectivity index (χ2v) is 9.78. The van der Waals surface area contributed by atoms with Gasteiger partial charge in [0.1, 0.15) is 5.82 Å². The van der Waals surface area contributed by atoms with Crippen molar-refractivity contribution in [2.24, 2.45) is 11.8 Å². The van der Waals surface area contributed by atoms with Gasteiger partial charge in [0.15, 0.2) is 0 Å². The van der Waals surface area contributed by atoms with Gasteiger partial charge in [0.25, 0.3) is 0 Å². The van der Waals surface area contributed by atoms with E-state index in [0.29, 0.717) is 17.4 Å². The van der Waals surface area contributed by atoms with E-state index in [9.17, 15) is 0 Å². The SMILES string of the molecule is Cc1cc(Cl)ccc1C1C(c2cccc(Cl)c2F)NC(Cc2ccccc2)C1C(C)C. The number of nitrogens with one attached hydrogen (secondary N) is 1. The van der Waals surface area contributed by atoms with Crippen molar-refractivity contribution in [2.45, 2.75) is 45.2 Å². The average Bonchev–Trinajstić information content (AvgIpc) is 3.09. The highest BCUT2D eigenvalue weighted by Crippen LogP contribution is 2.50. The summed E-state index contributed by atoms with van der Waals surface area (Å²) in [6.07, 6.45) is 0.894. The lowest BCUT2D eigenvalue weighted by atomic mass is 9.72. The van der Waals surface area contributed by atoms with E-state index in [-0.39, 0.29) is 28.8 Å². The minimum Gasteiger partial charge on any atom is -0.306 e. The smallest absolute Gasteiger partial charge is 0.146 e. The monoisotopic (exact) mass is 455 g/mol. The number of hydrogen-bond donors (Lipinski definition) is 1. The van der Waals surface area contributed by atoms with E-state index in [2.05, 4.69) is 56.4 Å². The minimum absolute atomic E-state index is 0.110. The van der Waals surface area contributed by atoms with Gasteiger partial charge in [0, 0.05) is 28.6 Å². The van der Waals surface area contributed by atoms with Crippen LogP contribution in [0.1, 0.15) is 48.1 Å². The second kappa shape index (κ2) is 9.32. The zero-order valence-electron chi connectivity index (χ0n) is 18.1. The van der Waals surface area contributed by atoms with Crippen LogP contribution in [0.25, 0.3) is 0 Å². The third kappa shape index (κ3) is 4.53. The Labute approximate surface area is 194 Å². The minimum atomic E-state index is -0.332. The average molecular weight is 456 g/mol. The van der Waals surface area contributed by atoms with Gasteiger partial charge in [-0.05, 0) is 60.1 Å². The van der Waals surface area contributed by atoms with Crippen LogP contribution in [0.15, 0.2) is 66.7 Å². The Morgan fingerprint density at radius 3 is 2.35 bits per heavy atom. The fourth-order valence-corrected chi connectivity index (χ4v) is 5.71. The van der Waals surface area contributed by atoms with Crippen LogP contribution >= 0.6 is 23.2 Å². The molecule has 0 aliphatic carbocycles. The molecule has 162 valence electrons. The molecule has 0 saturated carbocycles. The first-order valence-electron chi connectivity index (χ1n) is 10.9. The molecule has 0 aromatic heterocycles. The molecule has 3 aromatic carbocycles. The summed E-state index contributed by atoms with van der Waals surface area (Å²) in [5.74, 6) is 0.511. The molecule has 1 N–H and O–H groups in total. The van der Waals surface area contributed by atoms with E-state index in [1.807, 2.05) is 30.3 Å². The summed E-state index contributed by atoms with van der Waals surface area (Å²) < 4.78 is 15.2. The molecule has 4 atom stereocenters. The van der Waals surface area contributed by atoms with E-state index >= 15 is 4.39 Å². The number of halogens is 3. The molecular formula is C27H28Cl2FN. The Kier molecular flexibility index (Phi) is 6.71. The lowest BCUT2D eigenvalue weighted by molar-refractivity contribution is 0.310. The molecule has 0 amide bonds. The summed E-state index contributed by atoms with van der Waals surface area (Å²) >= 11 is 12.4. The van der Waals surface area contributed by atoms with E-state index in [0.717, 1.165) is 17.0 Å². The number of rotatable bonds is 5. The normalized spacial score (nSPS) is 23.5. The summed E-state index contributed by atoms with van der Waals surface area (Å²) in [7, 11) is 0. The predicted molar refractivity (Wildman–Crippen MR) is 128 cm³/mol. The fraction of sp³-hybridized carbons (Fsp3) is 0.333. The molecule has 0 bridgehead atoms. The first-order valence-corrected chi connectivity index (χ1v) is 11.6. The Morgan fingerprint density at radius 1 is 0.935 bits per heavy atom. The first-order chi connectivity index (χ1) is 14.9. The second-order valence-electron chi connectivity index (χ2n) is 8.93. The van der Waals surface area contributed by atoms with Crippen molar-refractivity contribution >= 4 is 23.2 Å². The van der Waals surface area contributed by atoms with Crippen molar-refractivity contribution in [1.82, 2.24) is 5.32 Å². The Balaban J connectivity index is 1.83. The quantitative estimate of drug-likeness (QED) is 0.414. The highest BCUT2D eigenvalue weighted by Gasteiger charge is 2.46. The fourth-order valence-electron chi connectivity index (χ4n) is 5.30. The molecule has 3 aromatic rings. The zero-order valence-corrected chi connectivity index (χ0v) is 19.6. The van der Waals surface area contributed by atoms with Crippen LogP contribution in [0.3, 0.4) is 0 Å². The van der Waals surface area contributed by atoms with Crippen molar-refractivity contribution in [2.75, 3.05) is 0 Å². The highest BCUT2D eigenvalue weighted by molar-refractivity contribution is 6.31. The summed E-state index contributed by atoms with van der Waals surface area (Å²) in [6.45, 7) is 6.62. The van der Waals surface area contributed by atoms with Crippen molar-refractivity contribution in [3.63, 3.8) is 0 Å².